The number of rotatable bonds is 4. The second kappa shape index (κ2) is 6.62. The lowest BCUT2D eigenvalue weighted by Crippen LogP contribution is -2.47. The maximum atomic E-state index is 12.4. The molecule has 2 rings (SSSR count). The zero-order valence-electron chi connectivity index (χ0n) is 11.7. The van der Waals surface area contributed by atoms with Gasteiger partial charge in [-0.1, -0.05) is 0 Å². The number of amides is 1. The summed E-state index contributed by atoms with van der Waals surface area (Å²) in [5, 5.41) is 4.11. The van der Waals surface area contributed by atoms with Crippen molar-refractivity contribution >= 4 is 5.91 Å². The fourth-order valence-corrected chi connectivity index (χ4v) is 2.08. The molecule has 0 aromatic carbocycles. The summed E-state index contributed by atoms with van der Waals surface area (Å²) in [6.07, 6.45) is 0. The van der Waals surface area contributed by atoms with Crippen LogP contribution in [0.15, 0.2) is 16.9 Å². The smallest absolute Gasteiger partial charge is 0.274 e. The van der Waals surface area contributed by atoms with Gasteiger partial charge in [0, 0.05) is 19.7 Å². The second-order valence-electron chi connectivity index (χ2n) is 4.70. The Labute approximate surface area is 117 Å². The van der Waals surface area contributed by atoms with Crippen molar-refractivity contribution in [1.29, 1.82) is 0 Å². The molecule has 1 aromatic rings. The zero-order chi connectivity index (χ0) is 14.5. The first-order valence-corrected chi connectivity index (χ1v) is 6.59. The predicted octanol–water partition coefficient (Wildman–Crippen LogP) is -0.249. The molecule has 1 amide bonds. The molecule has 2 heterocycles. The maximum Gasteiger partial charge on any atom is 0.274 e. The quantitative estimate of drug-likeness (QED) is 0.761. The number of nitrogens with zero attached hydrogens (tertiary/aromatic N) is 3. The van der Waals surface area contributed by atoms with E-state index in [1.807, 2.05) is 6.92 Å². The predicted molar refractivity (Wildman–Crippen MR) is 71.7 cm³/mol. The number of ether oxygens (including phenoxy) is 2. The van der Waals surface area contributed by atoms with Crippen LogP contribution in [0.1, 0.15) is 17.4 Å². The van der Waals surface area contributed by atoms with Crippen molar-refractivity contribution in [2.24, 2.45) is 0 Å². The Morgan fingerprint density at radius 3 is 3.05 bits per heavy atom. The normalized spacial score (nSPS) is 19.1. The minimum absolute atomic E-state index is 0.0115. The van der Waals surface area contributed by atoms with Gasteiger partial charge in [0.1, 0.15) is 5.69 Å². The molecule has 0 unspecified atom stereocenters. The third kappa shape index (κ3) is 3.23. The molecule has 0 N–H and O–H groups in total. The van der Waals surface area contributed by atoms with Gasteiger partial charge in [0.25, 0.3) is 11.5 Å². The van der Waals surface area contributed by atoms with Crippen LogP contribution in [0.5, 0.6) is 0 Å². The van der Waals surface area contributed by atoms with E-state index in [0.29, 0.717) is 32.9 Å². The van der Waals surface area contributed by atoms with E-state index in [-0.39, 0.29) is 23.2 Å². The average Bonchev–Trinajstić information content (AvgIpc) is 2.46. The van der Waals surface area contributed by atoms with Crippen molar-refractivity contribution in [3.63, 3.8) is 0 Å². The molecule has 1 aliphatic heterocycles. The van der Waals surface area contributed by atoms with Crippen LogP contribution in [0.25, 0.3) is 0 Å². The van der Waals surface area contributed by atoms with Gasteiger partial charge < -0.3 is 14.4 Å². The van der Waals surface area contributed by atoms with Crippen molar-refractivity contribution in [1.82, 2.24) is 14.7 Å². The Kier molecular flexibility index (Phi) is 4.86. The van der Waals surface area contributed by atoms with Gasteiger partial charge in [0.05, 0.1) is 32.4 Å². The first-order valence-electron chi connectivity index (χ1n) is 6.59. The van der Waals surface area contributed by atoms with E-state index in [1.54, 1.807) is 12.0 Å². The molecule has 7 nitrogen and oxygen atoms in total. The van der Waals surface area contributed by atoms with Crippen LogP contribution in [0.3, 0.4) is 0 Å². The Morgan fingerprint density at radius 1 is 1.55 bits per heavy atom. The molecule has 1 atom stereocenters. The van der Waals surface area contributed by atoms with Gasteiger partial charge in [0.15, 0.2) is 0 Å². The van der Waals surface area contributed by atoms with Gasteiger partial charge in [-0.05, 0) is 13.0 Å². The lowest BCUT2D eigenvalue weighted by molar-refractivity contribution is 0.00311. The van der Waals surface area contributed by atoms with Crippen LogP contribution in [0, 0.1) is 0 Å². The van der Waals surface area contributed by atoms with Crippen LogP contribution < -0.4 is 5.56 Å². The Hall–Kier alpha value is -1.73. The molecule has 0 spiro atoms. The molecule has 7 heteroatoms. The molecule has 0 bridgehead atoms. The van der Waals surface area contributed by atoms with Crippen molar-refractivity contribution < 1.29 is 14.3 Å². The lowest BCUT2D eigenvalue weighted by atomic mass is 10.2. The summed E-state index contributed by atoms with van der Waals surface area (Å²) in [4.78, 5) is 25.8. The van der Waals surface area contributed by atoms with E-state index >= 15 is 0 Å². The SMILES string of the molecule is COCCn1nc(C(=O)N2CCOC[C@H]2C)ccc1=O. The Morgan fingerprint density at radius 2 is 2.35 bits per heavy atom. The molecule has 20 heavy (non-hydrogen) atoms. The molecule has 1 aliphatic rings. The monoisotopic (exact) mass is 281 g/mol. The minimum Gasteiger partial charge on any atom is -0.383 e. The Balaban J connectivity index is 2.19. The van der Waals surface area contributed by atoms with Crippen LogP contribution in [0.4, 0.5) is 0 Å². The third-order valence-electron chi connectivity index (χ3n) is 3.22. The summed E-state index contributed by atoms with van der Waals surface area (Å²) in [6.45, 7) is 4.22. The van der Waals surface area contributed by atoms with Crippen LogP contribution in [0.2, 0.25) is 0 Å². The van der Waals surface area contributed by atoms with E-state index in [0.717, 1.165) is 0 Å². The van der Waals surface area contributed by atoms with E-state index in [9.17, 15) is 9.59 Å². The second-order valence-corrected chi connectivity index (χ2v) is 4.70. The fraction of sp³-hybridized carbons (Fsp3) is 0.615. The summed E-state index contributed by atoms with van der Waals surface area (Å²) in [7, 11) is 1.55. The molecule has 0 radical (unpaired) electrons. The highest BCUT2D eigenvalue weighted by Crippen LogP contribution is 2.10. The van der Waals surface area contributed by atoms with Gasteiger partial charge in [-0.2, -0.15) is 5.10 Å². The lowest BCUT2D eigenvalue weighted by Gasteiger charge is -2.33. The molecular weight excluding hydrogens is 262 g/mol. The van der Waals surface area contributed by atoms with Crippen molar-refractivity contribution in [3.8, 4) is 0 Å². The van der Waals surface area contributed by atoms with E-state index < -0.39 is 0 Å². The molecule has 0 aliphatic carbocycles. The average molecular weight is 281 g/mol. The van der Waals surface area contributed by atoms with E-state index in [4.69, 9.17) is 9.47 Å². The van der Waals surface area contributed by atoms with Crippen molar-refractivity contribution in [2.45, 2.75) is 19.5 Å². The highest BCUT2D eigenvalue weighted by atomic mass is 16.5. The van der Waals surface area contributed by atoms with Crippen LogP contribution in [-0.2, 0) is 16.0 Å². The largest absolute Gasteiger partial charge is 0.383 e. The van der Waals surface area contributed by atoms with Crippen LogP contribution >= 0.6 is 0 Å². The van der Waals surface area contributed by atoms with Gasteiger partial charge in [0.2, 0.25) is 0 Å². The highest BCUT2D eigenvalue weighted by molar-refractivity contribution is 5.92. The molecule has 1 saturated heterocycles. The first kappa shape index (κ1) is 14.7. The number of methoxy groups -OCH3 is 1. The van der Waals surface area contributed by atoms with Gasteiger partial charge in [-0.25, -0.2) is 4.68 Å². The summed E-state index contributed by atoms with van der Waals surface area (Å²) >= 11 is 0. The van der Waals surface area contributed by atoms with E-state index in [2.05, 4.69) is 5.10 Å². The summed E-state index contributed by atoms with van der Waals surface area (Å²) < 4.78 is 11.5. The Bertz CT molecular complexity index is 529. The van der Waals surface area contributed by atoms with E-state index in [1.165, 1.54) is 16.8 Å². The highest BCUT2D eigenvalue weighted by Gasteiger charge is 2.26. The molecular formula is C13H19N3O4. The number of carbonyl (C=O) groups excluding carboxylic acids is 1. The number of hydrogen-bond donors (Lipinski definition) is 0. The summed E-state index contributed by atoms with van der Waals surface area (Å²) in [5.74, 6) is -0.174. The minimum atomic E-state index is -0.242. The molecule has 110 valence electrons. The number of carbonyl (C=O) groups is 1. The fourth-order valence-electron chi connectivity index (χ4n) is 2.08. The summed E-state index contributed by atoms with van der Waals surface area (Å²) in [5.41, 5.74) is 0.0306. The standard InChI is InChI=1S/C13H19N3O4/c1-10-9-20-8-5-15(10)13(18)11-3-4-12(17)16(14-11)6-7-19-2/h3-4,10H,5-9H2,1-2H3/t10-/m1/s1. The maximum absolute atomic E-state index is 12.4. The van der Waals surface area contributed by atoms with Crippen molar-refractivity contribution in [2.75, 3.05) is 33.5 Å². The first-order chi connectivity index (χ1) is 9.63. The van der Waals surface area contributed by atoms with Crippen molar-refractivity contribution in [3.05, 3.63) is 28.2 Å². The molecule has 1 aromatic heterocycles. The zero-order valence-corrected chi connectivity index (χ0v) is 11.7. The van der Waals surface area contributed by atoms with Gasteiger partial charge in [-0.3, -0.25) is 9.59 Å². The topological polar surface area (TPSA) is 73.7 Å². The number of morpholine rings is 1. The number of hydrogen-bond acceptors (Lipinski definition) is 5. The summed E-state index contributed by atoms with van der Waals surface area (Å²) in [6, 6.07) is 2.84. The van der Waals surface area contributed by atoms with Gasteiger partial charge >= 0.3 is 0 Å². The number of aromatic nitrogens is 2. The van der Waals surface area contributed by atoms with Crippen LogP contribution in [-0.4, -0.2) is 60.1 Å². The third-order valence-corrected chi connectivity index (χ3v) is 3.22. The van der Waals surface area contributed by atoms with Gasteiger partial charge in [-0.15, -0.1) is 0 Å². The molecule has 1 fully saturated rings. The molecule has 0 saturated carbocycles.